The van der Waals surface area contributed by atoms with Crippen molar-refractivity contribution in [3.05, 3.63) is 72.0 Å². The van der Waals surface area contributed by atoms with Crippen molar-refractivity contribution in [3.63, 3.8) is 0 Å². The zero-order chi connectivity index (χ0) is 18.1. The van der Waals surface area contributed by atoms with Gasteiger partial charge in [-0.3, -0.25) is 9.78 Å². The number of nitrogens with one attached hydrogen (secondary N) is 2. The maximum atomic E-state index is 13.0. The molecule has 2 aromatic heterocycles. The zero-order valence-corrected chi connectivity index (χ0v) is 13.9. The van der Waals surface area contributed by atoms with Gasteiger partial charge in [-0.05, 0) is 36.8 Å². The van der Waals surface area contributed by atoms with Crippen molar-refractivity contribution in [2.45, 2.75) is 13.0 Å². The summed E-state index contributed by atoms with van der Waals surface area (Å²) in [6.07, 6.45) is 4.66. The molecule has 0 spiro atoms. The van der Waals surface area contributed by atoms with Crippen LogP contribution in [-0.2, 0) is 4.79 Å². The Labute approximate surface area is 149 Å². The van der Waals surface area contributed by atoms with Crippen molar-refractivity contribution in [1.29, 1.82) is 0 Å². The molecule has 3 heterocycles. The standard InChI is InChI=1S/C18H16N6O2/c1-11-15(17(26)23-13-3-2-8-19-9-13)16(12-4-6-14(25)7-5-12)24-18(22-11)20-10-21-24/h2-10,16,25H,1H3,(H,23,26)(H,20,21,22). The molecule has 1 unspecified atom stereocenters. The molecule has 0 saturated heterocycles. The second-order valence-corrected chi connectivity index (χ2v) is 5.88. The molecule has 0 saturated carbocycles. The van der Waals surface area contributed by atoms with E-state index in [1.165, 1.54) is 6.33 Å². The quantitative estimate of drug-likeness (QED) is 0.671. The molecule has 3 N–H and O–H groups in total. The fraction of sp³-hybridized carbons (Fsp3) is 0.111. The summed E-state index contributed by atoms with van der Waals surface area (Å²) in [5.41, 5.74) is 2.61. The van der Waals surface area contributed by atoms with E-state index in [0.717, 1.165) is 5.56 Å². The van der Waals surface area contributed by atoms with Crippen LogP contribution in [0.4, 0.5) is 11.6 Å². The molecule has 0 fully saturated rings. The molecule has 1 atom stereocenters. The highest BCUT2D eigenvalue weighted by Crippen LogP contribution is 2.35. The third kappa shape index (κ3) is 2.77. The largest absolute Gasteiger partial charge is 0.508 e. The molecule has 3 aromatic rings. The number of aromatic hydroxyl groups is 1. The molecule has 1 aliphatic heterocycles. The predicted octanol–water partition coefficient (Wildman–Crippen LogP) is 2.31. The first-order valence-corrected chi connectivity index (χ1v) is 8.01. The van der Waals surface area contributed by atoms with Gasteiger partial charge in [0, 0.05) is 11.9 Å². The fourth-order valence-corrected chi connectivity index (χ4v) is 2.98. The summed E-state index contributed by atoms with van der Waals surface area (Å²) in [6, 6.07) is 9.75. The van der Waals surface area contributed by atoms with E-state index in [9.17, 15) is 9.90 Å². The number of nitrogens with zero attached hydrogens (tertiary/aromatic N) is 4. The lowest BCUT2D eigenvalue weighted by Crippen LogP contribution is -2.31. The van der Waals surface area contributed by atoms with Crippen LogP contribution in [0, 0.1) is 0 Å². The summed E-state index contributed by atoms with van der Waals surface area (Å²) in [7, 11) is 0. The Balaban J connectivity index is 1.77. The van der Waals surface area contributed by atoms with E-state index in [4.69, 9.17) is 0 Å². The summed E-state index contributed by atoms with van der Waals surface area (Å²) >= 11 is 0. The number of fused-ring (bicyclic) bond motifs is 1. The molecule has 0 bridgehead atoms. The number of allylic oxidation sites excluding steroid dienone is 1. The van der Waals surface area contributed by atoms with Crippen molar-refractivity contribution >= 4 is 17.5 Å². The molecule has 0 radical (unpaired) electrons. The number of phenolic OH excluding ortho intramolecular Hbond substituents is 1. The number of hydrogen-bond donors (Lipinski definition) is 3. The number of amides is 1. The minimum absolute atomic E-state index is 0.156. The van der Waals surface area contributed by atoms with Gasteiger partial charge in [-0.25, -0.2) is 4.68 Å². The highest BCUT2D eigenvalue weighted by Gasteiger charge is 2.33. The number of benzene rings is 1. The van der Waals surface area contributed by atoms with Crippen LogP contribution in [0.3, 0.4) is 0 Å². The van der Waals surface area contributed by atoms with E-state index in [1.54, 1.807) is 53.5 Å². The van der Waals surface area contributed by atoms with Gasteiger partial charge in [0.25, 0.3) is 5.91 Å². The van der Waals surface area contributed by atoms with Gasteiger partial charge >= 0.3 is 0 Å². The monoisotopic (exact) mass is 348 g/mol. The van der Waals surface area contributed by atoms with Gasteiger partial charge in [-0.1, -0.05) is 12.1 Å². The Kier molecular flexibility index (Phi) is 3.85. The van der Waals surface area contributed by atoms with Crippen molar-refractivity contribution in [3.8, 4) is 5.75 Å². The summed E-state index contributed by atoms with van der Waals surface area (Å²) in [5.74, 6) is 0.448. The van der Waals surface area contributed by atoms with Crippen LogP contribution in [0.15, 0.2) is 66.4 Å². The molecular weight excluding hydrogens is 332 g/mol. The highest BCUT2D eigenvalue weighted by atomic mass is 16.3. The van der Waals surface area contributed by atoms with Gasteiger partial charge in [0.05, 0.1) is 17.5 Å². The molecule has 8 nitrogen and oxygen atoms in total. The summed E-state index contributed by atoms with van der Waals surface area (Å²) in [5, 5.41) is 19.8. The number of carbonyl (C=O) groups is 1. The molecule has 8 heteroatoms. The van der Waals surface area contributed by atoms with E-state index >= 15 is 0 Å². The van der Waals surface area contributed by atoms with Gasteiger partial charge in [0.2, 0.25) is 5.95 Å². The molecule has 4 rings (SSSR count). The molecule has 1 aliphatic rings. The summed E-state index contributed by atoms with van der Waals surface area (Å²) in [6.45, 7) is 1.82. The maximum Gasteiger partial charge on any atom is 0.255 e. The van der Waals surface area contributed by atoms with Crippen molar-refractivity contribution < 1.29 is 9.90 Å². The lowest BCUT2D eigenvalue weighted by Gasteiger charge is -2.28. The number of hydrogen-bond acceptors (Lipinski definition) is 6. The van der Waals surface area contributed by atoms with Gasteiger partial charge in [0.15, 0.2) is 0 Å². The average molecular weight is 348 g/mol. The number of phenols is 1. The number of pyridine rings is 1. The van der Waals surface area contributed by atoms with E-state index in [0.29, 0.717) is 22.9 Å². The normalized spacial score (nSPS) is 16.0. The lowest BCUT2D eigenvalue weighted by atomic mass is 9.95. The second-order valence-electron chi connectivity index (χ2n) is 5.88. The number of aromatic nitrogens is 4. The maximum absolute atomic E-state index is 13.0. The fourth-order valence-electron chi connectivity index (χ4n) is 2.98. The van der Waals surface area contributed by atoms with Crippen LogP contribution in [0.5, 0.6) is 5.75 Å². The summed E-state index contributed by atoms with van der Waals surface area (Å²) in [4.78, 5) is 21.2. The SMILES string of the molecule is CC1=C(C(=O)Nc2cccnc2)C(c2ccc(O)cc2)n2ncnc2N1. The average Bonchev–Trinajstić information content (AvgIpc) is 3.10. The van der Waals surface area contributed by atoms with Crippen molar-refractivity contribution in [2.24, 2.45) is 0 Å². The van der Waals surface area contributed by atoms with Crippen LogP contribution < -0.4 is 10.6 Å². The molecule has 130 valence electrons. The van der Waals surface area contributed by atoms with E-state index in [1.807, 2.05) is 6.92 Å². The Hall–Kier alpha value is -3.68. The Morgan fingerprint density at radius 2 is 2.08 bits per heavy atom. The minimum Gasteiger partial charge on any atom is -0.508 e. The summed E-state index contributed by atoms with van der Waals surface area (Å²) < 4.78 is 1.65. The van der Waals surface area contributed by atoms with Crippen LogP contribution >= 0.6 is 0 Å². The zero-order valence-electron chi connectivity index (χ0n) is 13.9. The number of carbonyl (C=O) groups excluding carboxylic acids is 1. The van der Waals surface area contributed by atoms with Gasteiger partial charge in [-0.2, -0.15) is 10.1 Å². The van der Waals surface area contributed by atoms with Crippen molar-refractivity contribution in [2.75, 3.05) is 10.6 Å². The molecule has 1 amide bonds. The Morgan fingerprint density at radius 3 is 2.81 bits per heavy atom. The van der Waals surface area contributed by atoms with E-state index in [2.05, 4.69) is 25.7 Å². The second kappa shape index (κ2) is 6.32. The van der Waals surface area contributed by atoms with Crippen molar-refractivity contribution in [1.82, 2.24) is 19.7 Å². The van der Waals surface area contributed by atoms with Crippen LogP contribution in [0.25, 0.3) is 0 Å². The first-order valence-electron chi connectivity index (χ1n) is 8.01. The highest BCUT2D eigenvalue weighted by molar-refractivity contribution is 6.05. The Morgan fingerprint density at radius 1 is 1.27 bits per heavy atom. The van der Waals surface area contributed by atoms with Gasteiger partial charge in [0.1, 0.15) is 18.1 Å². The van der Waals surface area contributed by atoms with Crippen LogP contribution in [0.2, 0.25) is 0 Å². The van der Waals surface area contributed by atoms with Crippen LogP contribution in [0.1, 0.15) is 18.5 Å². The minimum atomic E-state index is -0.467. The third-order valence-corrected chi connectivity index (χ3v) is 4.17. The number of rotatable bonds is 3. The van der Waals surface area contributed by atoms with E-state index < -0.39 is 6.04 Å². The first-order chi connectivity index (χ1) is 12.6. The van der Waals surface area contributed by atoms with Gasteiger partial charge < -0.3 is 15.7 Å². The third-order valence-electron chi connectivity index (χ3n) is 4.17. The van der Waals surface area contributed by atoms with Crippen LogP contribution in [-0.4, -0.2) is 30.8 Å². The Bertz CT molecular complexity index is 978. The predicted molar refractivity (Wildman–Crippen MR) is 95.5 cm³/mol. The number of anilines is 2. The molecule has 0 aliphatic carbocycles. The van der Waals surface area contributed by atoms with E-state index in [-0.39, 0.29) is 11.7 Å². The molecule has 26 heavy (non-hydrogen) atoms. The van der Waals surface area contributed by atoms with Gasteiger partial charge in [-0.15, -0.1) is 0 Å². The smallest absolute Gasteiger partial charge is 0.255 e. The topological polar surface area (TPSA) is 105 Å². The molecule has 1 aromatic carbocycles. The molecular formula is C18H16N6O2. The lowest BCUT2D eigenvalue weighted by molar-refractivity contribution is -0.113. The first kappa shape index (κ1) is 15.8.